The maximum atomic E-state index is 12.7. The van der Waals surface area contributed by atoms with Gasteiger partial charge in [-0.15, -0.1) is 0 Å². The van der Waals surface area contributed by atoms with Crippen LogP contribution in [0, 0.1) is 10.1 Å². The zero-order chi connectivity index (χ0) is 26.4. The number of nitro groups is 1. The number of nitrogens with zero attached hydrogens (tertiary/aromatic N) is 1. The standard InChI is InChI=1S/C24H23NO11/c1-13(26)33-20-12-32-24(23(35-15(3)28)22(20)34-14(2)27)36-19-10-6-17(7-11-19)21(29)16-4-8-18(9-5-16)25(30)31/h4-11,20,22-24H,12H2,1-3H3/t20-,22+,23-,24-/m1/s1. The minimum absolute atomic E-state index is 0.131. The van der Waals surface area contributed by atoms with Crippen LogP contribution in [-0.4, -0.2) is 59.8 Å². The predicted octanol–water partition coefficient (Wildman–Crippen LogP) is 2.36. The van der Waals surface area contributed by atoms with E-state index < -0.39 is 47.4 Å². The summed E-state index contributed by atoms with van der Waals surface area (Å²) in [5.74, 6) is -2.16. The molecule has 0 amide bonds. The van der Waals surface area contributed by atoms with E-state index in [1.54, 1.807) is 0 Å². The highest BCUT2D eigenvalue weighted by atomic mass is 16.7. The fraction of sp³-hybridized carbons (Fsp3) is 0.333. The van der Waals surface area contributed by atoms with E-state index in [1.165, 1.54) is 55.5 Å². The third kappa shape index (κ3) is 6.63. The predicted molar refractivity (Wildman–Crippen MR) is 120 cm³/mol. The van der Waals surface area contributed by atoms with Gasteiger partial charge in [0.2, 0.25) is 12.4 Å². The Bertz CT molecular complexity index is 1140. The quantitative estimate of drug-likeness (QED) is 0.172. The lowest BCUT2D eigenvalue weighted by atomic mass is 10.0. The molecule has 0 N–H and O–H groups in total. The van der Waals surface area contributed by atoms with Gasteiger partial charge in [0.25, 0.3) is 5.69 Å². The second kappa shape index (κ2) is 11.4. The summed E-state index contributed by atoms with van der Waals surface area (Å²) in [4.78, 5) is 57.8. The van der Waals surface area contributed by atoms with Crippen LogP contribution in [0.3, 0.4) is 0 Å². The van der Waals surface area contributed by atoms with Crippen molar-refractivity contribution in [3.8, 4) is 5.75 Å². The zero-order valence-electron chi connectivity index (χ0n) is 19.6. The van der Waals surface area contributed by atoms with Crippen molar-refractivity contribution in [1.82, 2.24) is 0 Å². The van der Waals surface area contributed by atoms with E-state index in [0.29, 0.717) is 5.56 Å². The van der Waals surface area contributed by atoms with E-state index in [4.69, 9.17) is 23.7 Å². The van der Waals surface area contributed by atoms with Gasteiger partial charge >= 0.3 is 17.9 Å². The Labute approximate surface area is 205 Å². The SMILES string of the molecule is CC(=O)O[C@@H]1[C@@H](OC(C)=O)[C@@H](Oc2ccc(C(=O)c3ccc([N+](=O)[O-])cc3)cc2)OC[C@H]1OC(C)=O. The molecule has 0 spiro atoms. The number of carbonyl (C=O) groups is 4. The van der Waals surface area contributed by atoms with E-state index in [1.807, 2.05) is 0 Å². The number of rotatable bonds is 8. The first kappa shape index (κ1) is 26.3. The number of non-ortho nitro benzene ring substituents is 1. The van der Waals surface area contributed by atoms with Crippen LogP contribution in [-0.2, 0) is 33.3 Å². The molecule has 12 nitrogen and oxygen atoms in total. The molecule has 0 unspecified atom stereocenters. The van der Waals surface area contributed by atoms with Crippen LogP contribution >= 0.6 is 0 Å². The molecule has 1 saturated heterocycles. The van der Waals surface area contributed by atoms with E-state index in [-0.39, 0.29) is 29.4 Å². The van der Waals surface area contributed by atoms with Crippen LogP contribution in [0.2, 0.25) is 0 Å². The van der Waals surface area contributed by atoms with Crippen molar-refractivity contribution in [3.05, 3.63) is 69.8 Å². The van der Waals surface area contributed by atoms with Crippen LogP contribution in [0.5, 0.6) is 5.75 Å². The topological polar surface area (TPSA) is 158 Å². The molecule has 0 aromatic heterocycles. The fourth-order valence-corrected chi connectivity index (χ4v) is 3.53. The molecule has 1 aliphatic rings. The number of hydrogen-bond acceptors (Lipinski definition) is 11. The molecular formula is C24H23NO11. The van der Waals surface area contributed by atoms with Crippen LogP contribution in [0.1, 0.15) is 36.7 Å². The summed E-state index contributed by atoms with van der Waals surface area (Å²) in [7, 11) is 0. The van der Waals surface area contributed by atoms with Crippen molar-refractivity contribution in [1.29, 1.82) is 0 Å². The molecule has 0 bridgehead atoms. The Morgan fingerprint density at radius 2 is 1.31 bits per heavy atom. The van der Waals surface area contributed by atoms with Gasteiger partial charge in [0.1, 0.15) is 5.75 Å². The fourth-order valence-electron chi connectivity index (χ4n) is 3.53. The average Bonchev–Trinajstić information content (AvgIpc) is 2.82. The molecule has 1 heterocycles. The van der Waals surface area contributed by atoms with Crippen molar-refractivity contribution in [2.24, 2.45) is 0 Å². The molecule has 3 rings (SSSR count). The Kier molecular flexibility index (Phi) is 8.33. The van der Waals surface area contributed by atoms with Gasteiger partial charge in [-0.1, -0.05) is 0 Å². The molecule has 0 saturated carbocycles. The van der Waals surface area contributed by atoms with E-state index >= 15 is 0 Å². The van der Waals surface area contributed by atoms with Gasteiger partial charge in [-0.05, 0) is 36.4 Å². The first-order chi connectivity index (χ1) is 17.0. The van der Waals surface area contributed by atoms with Crippen LogP contribution in [0.25, 0.3) is 0 Å². The molecular weight excluding hydrogens is 478 g/mol. The highest BCUT2D eigenvalue weighted by Gasteiger charge is 2.48. The molecule has 0 aliphatic carbocycles. The lowest BCUT2D eigenvalue weighted by Gasteiger charge is -2.40. The highest BCUT2D eigenvalue weighted by molar-refractivity contribution is 6.09. The Morgan fingerprint density at radius 1 is 0.806 bits per heavy atom. The van der Waals surface area contributed by atoms with Gasteiger partial charge in [0, 0.05) is 44.0 Å². The van der Waals surface area contributed by atoms with Gasteiger partial charge < -0.3 is 23.7 Å². The second-order valence-corrected chi connectivity index (χ2v) is 7.77. The summed E-state index contributed by atoms with van der Waals surface area (Å²) in [5, 5.41) is 10.8. The minimum atomic E-state index is -1.26. The normalized spacial score (nSPS) is 21.1. The van der Waals surface area contributed by atoms with Crippen LogP contribution < -0.4 is 4.74 Å². The molecule has 0 radical (unpaired) electrons. The zero-order valence-corrected chi connectivity index (χ0v) is 19.6. The molecule has 1 fully saturated rings. The monoisotopic (exact) mass is 501 g/mol. The number of hydrogen-bond donors (Lipinski definition) is 0. The Balaban J connectivity index is 1.77. The number of esters is 3. The lowest BCUT2D eigenvalue weighted by Crippen LogP contribution is -2.59. The average molecular weight is 501 g/mol. The van der Waals surface area contributed by atoms with Gasteiger partial charge in [-0.25, -0.2) is 0 Å². The first-order valence-electron chi connectivity index (χ1n) is 10.7. The number of benzene rings is 2. The summed E-state index contributed by atoms with van der Waals surface area (Å²) in [6, 6.07) is 11.1. The lowest BCUT2D eigenvalue weighted by molar-refractivity contribution is -0.384. The van der Waals surface area contributed by atoms with E-state index in [2.05, 4.69) is 0 Å². The summed E-state index contributed by atoms with van der Waals surface area (Å²) in [6.45, 7) is 3.28. The number of ketones is 1. The smallest absolute Gasteiger partial charge is 0.303 e. The summed E-state index contributed by atoms with van der Waals surface area (Å²) in [6.07, 6.45) is -4.69. The molecule has 190 valence electrons. The van der Waals surface area contributed by atoms with Crippen molar-refractivity contribution < 1.29 is 47.8 Å². The minimum Gasteiger partial charge on any atom is -0.461 e. The number of ether oxygens (including phenoxy) is 5. The molecule has 4 atom stereocenters. The van der Waals surface area contributed by atoms with Crippen molar-refractivity contribution >= 4 is 29.4 Å². The molecule has 2 aromatic rings. The second-order valence-electron chi connectivity index (χ2n) is 7.77. The largest absolute Gasteiger partial charge is 0.461 e. The van der Waals surface area contributed by atoms with Gasteiger partial charge in [0.05, 0.1) is 11.5 Å². The third-order valence-electron chi connectivity index (χ3n) is 5.01. The maximum Gasteiger partial charge on any atom is 0.303 e. The van der Waals surface area contributed by atoms with E-state index in [0.717, 1.165) is 13.8 Å². The number of carbonyl (C=O) groups excluding carboxylic acids is 4. The Hall–Kier alpha value is -4.32. The van der Waals surface area contributed by atoms with E-state index in [9.17, 15) is 29.3 Å². The van der Waals surface area contributed by atoms with Crippen molar-refractivity contribution in [2.45, 2.75) is 45.4 Å². The summed E-state index contributed by atoms with van der Waals surface area (Å²) < 4.78 is 27.1. The van der Waals surface area contributed by atoms with Crippen LogP contribution in [0.15, 0.2) is 48.5 Å². The highest BCUT2D eigenvalue weighted by Crippen LogP contribution is 2.27. The van der Waals surface area contributed by atoms with Crippen molar-refractivity contribution in [3.63, 3.8) is 0 Å². The molecule has 12 heteroatoms. The van der Waals surface area contributed by atoms with Gasteiger partial charge in [-0.3, -0.25) is 29.3 Å². The summed E-state index contributed by atoms with van der Waals surface area (Å²) >= 11 is 0. The van der Waals surface area contributed by atoms with Gasteiger partial charge in [-0.2, -0.15) is 0 Å². The maximum absolute atomic E-state index is 12.7. The molecule has 2 aromatic carbocycles. The van der Waals surface area contributed by atoms with Gasteiger partial charge in [0.15, 0.2) is 18.0 Å². The molecule has 1 aliphatic heterocycles. The third-order valence-corrected chi connectivity index (χ3v) is 5.01. The Morgan fingerprint density at radius 3 is 1.81 bits per heavy atom. The van der Waals surface area contributed by atoms with Crippen molar-refractivity contribution in [2.75, 3.05) is 6.61 Å². The molecule has 36 heavy (non-hydrogen) atoms. The summed E-state index contributed by atoms with van der Waals surface area (Å²) in [5.41, 5.74) is 0.429. The van der Waals surface area contributed by atoms with Crippen LogP contribution in [0.4, 0.5) is 5.69 Å². The first-order valence-corrected chi connectivity index (χ1v) is 10.7. The number of nitro benzene ring substituents is 1.